The van der Waals surface area contributed by atoms with Gasteiger partial charge in [0.15, 0.2) is 5.82 Å². The van der Waals surface area contributed by atoms with E-state index < -0.39 is 6.16 Å². The average Bonchev–Trinajstić information content (AvgIpc) is 3.14. The largest absolute Gasteiger partial charge is 0.513 e. The number of rotatable bonds is 5. The maximum atomic E-state index is 12.8. The van der Waals surface area contributed by atoms with E-state index in [4.69, 9.17) is 9.47 Å². The molecule has 0 bridgehead atoms. The highest BCUT2D eigenvalue weighted by Gasteiger charge is 2.14. The van der Waals surface area contributed by atoms with Gasteiger partial charge in [-0.2, -0.15) is 9.78 Å². The van der Waals surface area contributed by atoms with Gasteiger partial charge >= 0.3 is 6.16 Å². The van der Waals surface area contributed by atoms with Crippen molar-refractivity contribution in [3.8, 4) is 11.6 Å². The molecule has 2 aromatic heterocycles. The van der Waals surface area contributed by atoms with E-state index >= 15 is 0 Å². The summed E-state index contributed by atoms with van der Waals surface area (Å²) in [5.41, 5.74) is 1.97. The number of nitrogens with zero attached hydrogens (tertiary/aromatic N) is 3. The van der Waals surface area contributed by atoms with Crippen molar-refractivity contribution >= 4 is 28.8 Å². The first-order valence-electron chi connectivity index (χ1n) is 9.72. The minimum atomic E-state index is -0.790. The Morgan fingerprint density at radius 1 is 1.03 bits per heavy atom. The number of hydrogen-bond acceptors (Lipinski definition) is 6. The topological polar surface area (TPSA) is 95.3 Å². The molecule has 8 heteroatoms. The van der Waals surface area contributed by atoms with Gasteiger partial charge in [0.2, 0.25) is 0 Å². The maximum absolute atomic E-state index is 12.8. The van der Waals surface area contributed by atoms with Gasteiger partial charge in [0.05, 0.1) is 17.8 Å². The highest BCUT2D eigenvalue weighted by atomic mass is 16.7. The first-order chi connectivity index (χ1) is 15.0. The molecule has 4 rings (SSSR count). The van der Waals surface area contributed by atoms with Gasteiger partial charge in [0.1, 0.15) is 11.6 Å². The van der Waals surface area contributed by atoms with E-state index in [1.54, 1.807) is 29.8 Å². The number of benzene rings is 2. The highest BCUT2D eigenvalue weighted by Crippen LogP contribution is 2.20. The molecule has 4 aromatic rings. The summed E-state index contributed by atoms with van der Waals surface area (Å²) in [6, 6.07) is 19.5. The first kappa shape index (κ1) is 20.1. The van der Waals surface area contributed by atoms with Crippen LogP contribution in [0.15, 0.2) is 66.7 Å². The summed E-state index contributed by atoms with van der Waals surface area (Å²) in [6.07, 6.45) is -0.790. The van der Waals surface area contributed by atoms with E-state index in [-0.39, 0.29) is 18.3 Å². The standard InChI is InChI=1S/C23H20N4O4/c1-3-30-23(29)31-18-11-8-17(9-12-18)22(28)25-21-14-15(2)26-27(21)20-13-10-16-6-4-5-7-19(16)24-20/h4-14H,3H2,1-2H3,(H,25,28). The molecular weight excluding hydrogens is 396 g/mol. The van der Waals surface area contributed by atoms with Crippen LogP contribution < -0.4 is 10.1 Å². The molecule has 0 aliphatic heterocycles. The zero-order chi connectivity index (χ0) is 21.8. The molecule has 0 fully saturated rings. The molecule has 0 aliphatic carbocycles. The molecule has 156 valence electrons. The van der Waals surface area contributed by atoms with E-state index in [1.165, 1.54) is 12.1 Å². The molecular formula is C23H20N4O4. The fraction of sp³-hybridized carbons (Fsp3) is 0.130. The van der Waals surface area contributed by atoms with Gasteiger partial charge in [0.25, 0.3) is 5.91 Å². The lowest BCUT2D eigenvalue weighted by Crippen LogP contribution is -2.16. The minimum absolute atomic E-state index is 0.221. The fourth-order valence-electron chi connectivity index (χ4n) is 3.04. The zero-order valence-electron chi connectivity index (χ0n) is 17.0. The lowest BCUT2D eigenvalue weighted by atomic mass is 10.2. The number of aromatic nitrogens is 3. The van der Waals surface area contributed by atoms with Crippen molar-refractivity contribution in [1.29, 1.82) is 0 Å². The molecule has 0 aliphatic rings. The molecule has 2 heterocycles. The van der Waals surface area contributed by atoms with Gasteiger partial charge in [-0.15, -0.1) is 0 Å². The van der Waals surface area contributed by atoms with Crippen molar-refractivity contribution in [2.45, 2.75) is 13.8 Å². The Balaban J connectivity index is 1.54. The monoisotopic (exact) mass is 416 g/mol. The summed E-state index contributed by atoms with van der Waals surface area (Å²) in [5.74, 6) is 1.05. The van der Waals surface area contributed by atoms with Crippen LogP contribution in [0.2, 0.25) is 0 Å². The van der Waals surface area contributed by atoms with Crippen molar-refractivity contribution in [3.63, 3.8) is 0 Å². The third-order valence-corrected chi connectivity index (χ3v) is 4.45. The van der Waals surface area contributed by atoms with Gasteiger partial charge in [-0.05, 0) is 56.3 Å². The summed E-state index contributed by atoms with van der Waals surface area (Å²) in [4.78, 5) is 28.8. The number of nitrogens with one attached hydrogen (secondary N) is 1. The van der Waals surface area contributed by atoms with Crippen LogP contribution in [0.1, 0.15) is 23.0 Å². The second-order valence-corrected chi connectivity index (χ2v) is 6.71. The number of fused-ring (bicyclic) bond motifs is 1. The summed E-state index contributed by atoms with van der Waals surface area (Å²) >= 11 is 0. The molecule has 0 spiro atoms. The number of amides is 1. The van der Waals surface area contributed by atoms with Crippen molar-refractivity contribution in [2.75, 3.05) is 11.9 Å². The smallest absolute Gasteiger partial charge is 0.434 e. The van der Waals surface area contributed by atoms with E-state index in [1.807, 2.05) is 43.3 Å². The van der Waals surface area contributed by atoms with Crippen LogP contribution in [0.3, 0.4) is 0 Å². The SMILES string of the molecule is CCOC(=O)Oc1ccc(C(=O)Nc2cc(C)nn2-c2ccc3ccccc3n2)cc1. The van der Waals surface area contributed by atoms with Gasteiger partial charge in [0, 0.05) is 17.0 Å². The van der Waals surface area contributed by atoms with Gasteiger partial charge in [-0.25, -0.2) is 9.78 Å². The lowest BCUT2D eigenvalue weighted by molar-refractivity contribution is 0.102. The van der Waals surface area contributed by atoms with Crippen LogP contribution in [0.4, 0.5) is 10.6 Å². The predicted molar refractivity (Wildman–Crippen MR) is 116 cm³/mol. The quantitative estimate of drug-likeness (QED) is 0.380. The van der Waals surface area contributed by atoms with E-state index in [9.17, 15) is 9.59 Å². The van der Waals surface area contributed by atoms with Gasteiger partial charge in [-0.1, -0.05) is 18.2 Å². The number of anilines is 1. The zero-order valence-corrected chi connectivity index (χ0v) is 17.0. The van der Waals surface area contributed by atoms with Crippen LogP contribution in [-0.4, -0.2) is 33.4 Å². The van der Waals surface area contributed by atoms with E-state index in [0.717, 1.165) is 16.6 Å². The Labute approximate surface area is 178 Å². The third-order valence-electron chi connectivity index (χ3n) is 4.45. The second-order valence-electron chi connectivity index (χ2n) is 6.71. The Morgan fingerprint density at radius 3 is 2.58 bits per heavy atom. The Morgan fingerprint density at radius 2 is 1.81 bits per heavy atom. The Kier molecular flexibility index (Phi) is 5.61. The van der Waals surface area contributed by atoms with E-state index in [0.29, 0.717) is 17.2 Å². The van der Waals surface area contributed by atoms with Crippen LogP contribution in [-0.2, 0) is 4.74 Å². The molecule has 1 amide bonds. The summed E-state index contributed by atoms with van der Waals surface area (Å²) < 4.78 is 11.3. The number of pyridine rings is 1. The van der Waals surface area contributed by atoms with E-state index in [2.05, 4.69) is 15.4 Å². The van der Waals surface area contributed by atoms with Crippen LogP contribution >= 0.6 is 0 Å². The van der Waals surface area contributed by atoms with Crippen molar-refractivity contribution in [3.05, 3.63) is 78.0 Å². The van der Waals surface area contributed by atoms with Crippen LogP contribution in [0, 0.1) is 6.92 Å². The number of para-hydroxylation sites is 1. The molecule has 1 N–H and O–H groups in total. The van der Waals surface area contributed by atoms with Crippen molar-refractivity contribution in [1.82, 2.24) is 14.8 Å². The molecule has 0 saturated carbocycles. The van der Waals surface area contributed by atoms with Gasteiger partial charge in [-0.3, -0.25) is 4.79 Å². The van der Waals surface area contributed by atoms with Crippen molar-refractivity contribution < 1.29 is 19.1 Å². The Hall–Kier alpha value is -4.20. The number of ether oxygens (including phenoxy) is 2. The minimum Gasteiger partial charge on any atom is -0.434 e. The summed E-state index contributed by atoms with van der Waals surface area (Å²) in [5, 5.41) is 8.35. The van der Waals surface area contributed by atoms with Crippen LogP contribution in [0.25, 0.3) is 16.7 Å². The molecule has 0 atom stereocenters. The second kappa shape index (κ2) is 8.66. The molecule has 8 nitrogen and oxygen atoms in total. The first-order valence-corrected chi connectivity index (χ1v) is 9.72. The van der Waals surface area contributed by atoms with Gasteiger partial charge < -0.3 is 14.8 Å². The fourth-order valence-corrected chi connectivity index (χ4v) is 3.04. The molecule has 31 heavy (non-hydrogen) atoms. The van der Waals surface area contributed by atoms with Crippen molar-refractivity contribution in [2.24, 2.45) is 0 Å². The molecule has 0 unspecified atom stereocenters. The number of aryl methyl sites for hydroxylation is 1. The maximum Gasteiger partial charge on any atom is 0.513 e. The summed E-state index contributed by atoms with van der Waals surface area (Å²) in [7, 11) is 0. The average molecular weight is 416 g/mol. The summed E-state index contributed by atoms with van der Waals surface area (Å²) in [6.45, 7) is 3.75. The molecule has 0 radical (unpaired) electrons. The molecule has 2 aromatic carbocycles. The predicted octanol–water partition coefficient (Wildman–Crippen LogP) is 4.52. The van der Waals surface area contributed by atoms with Crippen LogP contribution in [0.5, 0.6) is 5.75 Å². The highest BCUT2D eigenvalue weighted by molar-refractivity contribution is 6.04. The lowest BCUT2D eigenvalue weighted by Gasteiger charge is -2.09. The number of carbonyl (C=O) groups excluding carboxylic acids is 2. The normalized spacial score (nSPS) is 10.6. The third kappa shape index (κ3) is 4.53. The molecule has 0 saturated heterocycles. The number of hydrogen-bond donors (Lipinski definition) is 1. The number of carbonyl (C=O) groups is 2. The Bertz CT molecular complexity index is 1250.